The fourth-order valence-electron chi connectivity index (χ4n) is 4.30. The van der Waals surface area contributed by atoms with Crippen molar-refractivity contribution in [3.8, 4) is 5.75 Å². The molecule has 30 heavy (non-hydrogen) atoms. The van der Waals surface area contributed by atoms with Crippen LogP contribution in [0.4, 0.5) is 5.69 Å². The normalized spacial score (nSPS) is 13.6. The molecule has 162 valence electrons. The zero-order valence-electron chi connectivity index (χ0n) is 18.2. The van der Waals surface area contributed by atoms with Crippen LogP contribution in [0.3, 0.4) is 0 Å². The second-order valence-corrected chi connectivity index (χ2v) is 8.37. The Morgan fingerprint density at radius 1 is 1.07 bits per heavy atom. The number of nitrogens with zero attached hydrogens (tertiary/aromatic N) is 2. The van der Waals surface area contributed by atoms with E-state index in [1.807, 2.05) is 35.2 Å². The number of carbonyl (C=O) groups is 1. The summed E-state index contributed by atoms with van der Waals surface area (Å²) in [5, 5.41) is 0.807. The minimum absolute atomic E-state index is 0.221. The molecular weight excluding hydrogens is 396 g/mol. The van der Waals surface area contributed by atoms with Gasteiger partial charge in [0.1, 0.15) is 5.75 Å². The van der Waals surface area contributed by atoms with Gasteiger partial charge in [0.2, 0.25) is 5.91 Å². The van der Waals surface area contributed by atoms with E-state index in [1.165, 1.54) is 5.56 Å². The molecule has 0 fully saturated rings. The number of hydrogen-bond acceptors (Lipinski definition) is 3. The van der Waals surface area contributed by atoms with Crippen LogP contribution in [0.5, 0.6) is 5.75 Å². The summed E-state index contributed by atoms with van der Waals surface area (Å²) in [7, 11) is 1.70. The second-order valence-electron chi connectivity index (χ2n) is 7.93. The van der Waals surface area contributed by atoms with Crippen molar-refractivity contribution in [1.29, 1.82) is 0 Å². The van der Waals surface area contributed by atoms with Crippen molar-refractivity contribution < 1.29 is 9.53 Å². The molecule has 0 aliphatic carbocycles. The highest BCUT2D eigenvalue weighted by Crippen LogP contribution is 2.34. The molecule has 0 bridgehead atoms. The van der Waals surface area contributed by atoms with E-state index in [-0.39, 0.29) is 5.91 Å². The second kappa shape index (κ2) is 11.4. The highest BCUT2D eigenvalue weighted by molar-refractivity contribution is 6.30. The Morgan fingerprint density at radius 2 is 1.87 bits per heavy atom. The van der Waals surface area contributed by atoms with Crippen LogP contribution in [0.1, 0.15) is 43.7 Å². The quantitative estimate of drug-likeness (QED) is 0.482. The summed E-state index contributed by atoms with van der Waals surface area (Å²) >= 11 is 6.09. The van der Waals surface area contributed by atoms with Gasteiger partial charge in [-0.05, 0) is 81.6 Å². The minimum atomic E-state index is 0.221. The number of amides is 1. The molecule has 1 heterocycles. The van der Waals surface area contributed by atoms with Crippen molar-refractivity contribution in [2.24, 2.45) is 0 Å². The molecular formula is C25H33ClN2O2. The van der Waals surface area contributed by atoms with Gasteiger partial charge in [0.15, 0.2) is 0 Å². The summed E-state index contributed by atoms with van der Waals surface area (Å²) in [6.07, 6.45) is 5.59. The van der Waals surface area contributed by atoms with Crippen LogP contribution in [0.15, 0.2) is 42.5 Å². The highest BCUT2D eigenvalue weighted by atomic mass is 35.5. The van der Waals surface area contributed by atoms with Gasteiger partial charge in [-0.1, -0.05) is 36.7 Å². The molecule has 4 nitrogen and oxygen atoms in total. The zero-order valence-corrected chi connectivity index (χ0v) is 19.0. The lowest BCUT2D eigenvalue weighted by molar-refractivity contribution is -0.118. The van der Waals surface area contributed by atoms with Gasteiger partial charge in [0.05, 0.1) is 12.8 Å². The van der Waals surface area contributed by atoms with E-state index < -0.39 is 0 Å². The first-order chi connectivity index (χ1) is 14.6. The SMILES string of the molecule is CCCN(CCCc1cccc(Cl)c1)CCCN1C(=O)CCc2c(OC)cccc21. The van der Waals surface area contributed by atoms with E-state index in [9.17, 15) is 4.79 Å². The maximum absolute atomic E-state index is 12.6. The maximum atomic E-state index is 12.6. The molecule has 2 aromatic carbocycles. The zero-order chi connectivity index (χ0) is 21.3. The number of ether oxygens (including phenoxy) is 1. The first-order valence-corrected chi connectivity index (χ1v) is 11.4. The predicted octanol–water partition coefficient (Wildman–Crippen LogP) is 5.36. The Morgan fingerprint density at radius 3 is 2.63 bits per heavy atom. The Labute approximate surface area is 185 Å². The van der Waals surface area contributed by atoms with Crippen LogP contribution in [0, 0.1) is 0 Å². The van der Waals surface area contributed by atoms with Crippen molar-refractivity contribution in [3.05, 3.63) is 58.6 Å². The maximum Gasteiger partial charge on any atom is 0.227 e. The van der Waals surface area contributed by atoms with E-state index in [0.717, 1.165) is 80.3 Å². The lowest BCUT2D eigenvalue weighted by Gasteiger charge is -2.31. The molecule has 1 aliphatic rings. The number of aryl methyl sites for hydroxylation is 1. The molecule has 0 saturated carbocycles. The molecule has 0 aromatic heterocycles. The molecule has 0 spiro atoms. The predicted molar refractivity (Wildman–Crippen MR) is 125 cm³/mol. The lowest BCUT2D eigenvalue weighted by atomic mass is 10.00. The molecule has 1 amide bonds. The summed E-state index contributed by atoms with van der Waals surface area (Å²) in [5.41, 5.74) is 3.48. The molecule has 0 saturated heterocycles. The number of anilines is 1. The van der Waals surface area contributed by atoms with Gasteiger partial charge >= 0.3 is 0 Å². The van der Waals surface area contributed by atoms with Gasteiger partial charge in [0.25, 0.3) is 0 Å². The molecule has 0 N–H and O–H groups in total. The Bertz CT molecular complexity index is 840. The van der Waals surface area contributed by atoms with Gasteiger partial charge in [-0.25, -0.2) is 0 Å². The van der Waals surface area contributed by atoms with Gasteiger partial charge in [0, 0.05) is 23.6 Å². The monoisotopic (exact) mass is 428 g/mol. The van der Waals surface area contributed by atoms with E-state index in [2.05, 4.69) is 24.0 Å². The summed E-state index contributed by atoms with van der Waals surface area (Å²) < 4.78 is 5.50. The van der Waals surface area contributed by atoms with E-state index >= 15 is 0 Å². The Kier molecular flexibility index (Phi) is 8.59. The molecule has 5 heteroatoms. The smallest absolute Gasteiger partial charge is 0.227 e. The number of fused-ring (bicyclic) bond motifs is 1. The van der Waals surface area contributed by atoms with Crippen LogP contribution in [-0.2, 0) is 17.6 Å². The highest BCUT2D eigenvalue weighted by Gasteiger charge is 2.26. The molecule has 0 radical (unpaired) electrons. The number of halogens is 1. The van der Waals surface area contributed by atoms with E-state index in [1.54, 1.807) is 7.11 Å². The number of carbonyl (C=O) groups excluding carboxylic acids is 1. The first kappa shape index (κ1) is 22.6. The van der Waals surface area contributed by atoms with E-state index in [4.69, 9.17) is 16.3 Å². The largest absolute Gasteiger partial charge is 0.496 e. The van der Waals surface area contributed by atoms with Crippen LogP contribution < -0.4 is 9.64 Å². The van der Waals surface area contributed by atoms with E-state index in [0.29, 0.717) is 6.42 Å². The third-order valence-corrected chi connectivity index (χ3v) is 5.97. The molecule has 0 unspecified atom stereocenters. The van der Waals surface area contributed by atoms with Crippen LogP contribution >= 0.6 is 11.6 Å². The minimum Gasteiger partial charge on any atom is -0.496 e. The number of rotatable bonds is 11. The fraction of sp³-hybridized carbons (Fsp3) is 0.480. The summed E-state index contributed by atoms with van der Waals surface area (Å²) in [6.45, 7) is 6.15. The lowest BCUT2D eigenvalue weighted by Crippen LogP contribution is -2.38. The van der Waals surface area contributed by atoms with Crippen LogP contribution in [0.25, 0.3) is 0 Å². The van der Waals surface area contributed by atoms with Crippen molar-refractivity contribution in [3.63, 3.8) is 0 Å². The van der Waals surface area contributed by atoms with Gasteiger partial charge in [-0.15, -0.1) is 0 Å². The molecule has 2 aromatic rings. The first-order valence-electron chi connectivity index (χ1n) is 11.1. The van der Waals surface area contributed by atoms with Gasteiger partial charge in [-0.2, -0.15) is 0 Å². The third kappa shape index (κ3) is 5.99. The summed E-state index contributed by atoms with van der Waals surface area (Å²) in [5.74, 6) is 1.11. The van der Waals surface area contributed by atoms with Crippen LogP contribution in [0.2, 0.25) is 5.02 Å². The summed E-state index contributed by atoms with van der Waals surface area (Å²) in [6, 6.07) is 14.1. The standard InChI is InChI=1S/C25H33ClN2O2/c1-3-15-27(16-6-9-20-8-4-10-21(26)19-20)17-7-18-28-23-11-5-12-24(30-2)22(23)13-14-25(28)29/h4-5,8,10-12,19H,3,6-7,9,13-18H2,1-2H3. The Hall–Kier alpha value is -2.04. The fourth-order valence-corrected chi connectivity index (χ4v) is 4.51. The van der Waals surface area contributed by atoms with Gasteiger partial charge < -0.3 is 14.5 Å². The van der Waals surface area contributed by atoms with Crippen molar-refractivity contribution in [2.75, 3.05) is 38.2 Å². The number of hydrogen-bond donors (Lipinski definition) is 0. The molecule has 1 aliphatic heterocycles. The average molecular weight is 429 g/mol. The topological polar surface area (TPSA) is 32.8 Å². The van der Waals surface area contributed by atoms with Crippen molar-refractivity contribution >= 4 is 23.2 Å². The third-order valence-electron chi connectivity index (χ3n) is 5.73. The summed E-state index contributed by atoms with van der Waals surface area (Å²) in [4.78, 5) is 17.1. The molecule has 3 rings (SSSR count). The van der Waals surface area contributed by atoms with Crippen molar-refractivity contribution in [2.45, 2.75) is 45.4 Å². The van der Waals surface area contributed by atoms with Crippen molar-refractivity contribution in [1.82, 2.24) is 4.90 Å². The van der Waals surface area contributed by atoms with Gasteiger partial charge in [-0.3, -0.25) is 4.79 Å². The average Bonchev–Trinajstić information content (AvgIpc) is 2.74. The molecule has 0 atom stereocenters. The van der Waals surface area contributed by atoms with Crippen LogP contribution in [-0.4, -0.2) is 44.1 Å². The number of benzene rings is 2. The number of methoxy groups -OCH3 is 1. The Balaban J connectivity index is 1.52.